The van der Waals surface area contributed by atoms with Crippen LogP contribution in [0.4, 0.5) is 4.39 Å². The van der Waals surface area contributed by atoms with E-state index in [4.69, 9.17) is 5.11 Å². The molecular formula is C13H18FNO2. The highest BCUT2D eigenvalue weighted by Crippen LogP contribution is 2.06. The number of hydrogen-bond acceptors (Lipinski definition) is 2. The number of benzene rings is 1. The number of likely N-dealkylation sites (N-methyl/N-ethyl adjacent to an activating group) is 1. The highest BCUT2D eigenvalue weighted by Gasteiger charge is 2.11. The summed E-state index contributed by atoms with van der Waals surface area (Å²) in [6.45, 7) is 3.11. The van der Waals surface area contributed by atoms with Gasteiger partial charge in [-0.05, 0) is 31.0 Å². The maximum Gasteiger partial charge on any atom is 0.226 e. The standard InChI is InChI=1S/C13H18FNO2/c1-2-15(7-4-8-16)13(17)10-11-5-3-6-12(14)9-11/h3,5-6,9,16H,2,4,7-8,10H2,1H3. The Morgan fingerprint density at radius 3 is 2.82 bits per heavy atom. The second-order valence-corrected chi connectivity index (χ2v) is 3.86. The van der Waals surface area contributed by atoms with Crippen LogP contribution in [0.3, 0.4) is 0 Å². The Bertz CT molecular complexity index is 368. The van der Waals surface area contributed by atoms with Crippen molar-refractivity contribution in [2.75, 3.05) is 19.7 Å². The third kappa shape index (κ3) is 4.53. The van der Waals surface area contributed by atoms with Gasteiger partial charge < -0.3 is 10.0 Å². The third-order valence-electron chi connectivity index (χ3n) is 2.56. The largest absolute Gasteiger partial charge is 0.396 e. The molecule has 94 valence electrons. The molecule has 3 nitrogen and oxygen atoms in total. The van der Waals surface area contributed by atoms with Crippen molar-refractivity contribution < 1.29 is 14.3 Å². The number of hydrogen-bond donors (Lipinski definition) is 1. The van der Waals surface area contributed by atoms with Crippen molar-refractivity contribution in [2.24, 2.45) is 0 Å². The number of aliphatic hydroxyl groups is 1. The van der Waals surface area contributed by atoms with E-state index in [1.165, 1.54) is 12.1 Å². The monoisotopic (exact) mass is 239 g/mol. The molecule has 0 aliphatic carbocycles. The summed E-state index contributed by atoms with van der Waals surface area (Å²) in [7, 11) is 0. The highest BCUT2D eigenvalue weighted by atomic mass is 19.1. The average molecular weight is 239 g/mol. The average Bonchev–Trinajstić information content (AvgIpc) is 2.30. The number of carbonyl (C=O) groups excluding carboxylic acids is 1. The number of amides is 1. The summed E-state index contributed by atoms with van der Waals surface area (Å²) < 4.78 is 12.9. The Balaban J connectivity index is 2.57. The van der Waals surface area contributed by atoms with Gasteiger partial charge in [0.05, 0.1) is 6.42 Å². The van der Waals surface area contributed by atoms with Gasteiger partial charge in [-0.2, -0.15) is 0 Å². The fourth-order valence-electron chi connectivity index (χ4n) is 1.65. The minimum Gasteiger partial charge on any atom is -0.396 e. The molecule has 1 N–H and O–H groups in total. The van der Waals surface area contributed by atoms with E-state index in [1.54, 1.807) is 17.0 Å². The molecule has 0 saturated carbocycles. The van der Waals surface area contributed by atoms with Crippen LogP contribution < -0.4 is 0 Å². The summed E-state index contributed by atoms with van der Waals surface area (Å²) in [5, 5.41) is 8.73. The number of halogens is 1. The van der Waals surface area contributed by atoms with Gasteiger partial charge in [0.25, 0.3) is 0 Å². The molecule has 0 radical (unpaired) electrons. The van der Waals surface area contributed by atoms with Gasteiger partial charge in [0, 0.05) is 19.7 Å². The van der Waals surface area contributed by atoms with Crippen molar-refractivity contribution >= 4 is 5.91 Å². The summed E-state index contributed by atoms with van der Waals surface area (Å²) in [4.78, 5) is 13.6. The molecule has 0 heterocycles. The number of nitrogens with zero attached hydrogens (tertiary/aromatic N) is 1. The Labute approximate surface area is 101 Å². The summed E-state index contributed by atoms with van der Waals surface area (Å²) in [5.74, 6) is -0.361. The third-order valence-corrected chi connectivity index (χ3v) is 2.56. The molecule has 0 spiro atoms. The molecule has 0 aliphatic rings. The van der Waals surface area contributed by atoms with Gasteiger partial charge in [-0.3, -0.25) is 4.79 Å². The minimum atomic E-state index is -0.325. The molecule has 0 aliphatic heterocycles. The van der Waals surface area contributed by atoms with Crippen molar-refractivity contribution in [3.05, 3.63) is 35.6 Å². The molecule has 0 atom stereocenters. The van der Waals surface area contributed by atoms with Gasteiger partial charge in [-0.25, -0.2) is 4.39 Å². The van der Waals surface area contributed by atoms with Crippen molar-refractivity contribution in [1.29, 1.82) is 0 Å². The molecule has 1 aromatic rings. The lowest BCUT2D eigenvalue weighted by Gasteiger charge is -2.20. The van der Waals surface area contributed by atoms with Crippen LogP contribution in [0.2, 0.25) is 0 Å². The zero-order valence-corrected chi connectivity index (χ0v) is 10.0. The van der Waals surface area contributed by atoms with Crippen molar-refractivity contribution in [3.63, 3.8) is 0 Å². The molecular weight excluding hydrogens is 221 g/mol. The normalized spacial score (nSPS) is 10.3. The number of carbonyl (C=O) groups is 1. The smallest absolute Gasteiger partial charge is 0.226 e. The van der Waals surface area contributed by atoms with Crippen molar-refractivity contribution in [2.45, 2.75) is 19.8 Å². The lowest BCUT2D eigenvalue weighted by atomic mass is 10.1. The predicted octanol–water partition coefficient (Wildman–Crippen LogP) is 1.60. The van der Waals surface area contributed by atoms with E-state index in [9.17, 15) is 9.18 Å². The predicted molar refractivity (Wildman–Crippen MR) is 64.1 cm³/mol. The fraction of sp³-hybridized carbons (Fsp3) is 0.462. The van der Waals surface area contributed by atoms with Crippen LogP contribution in [0, 0.1) is 5.82 Å². The van der Waals surface area contributed by atoms with Gasteiger partial charge in [0.1, 0.15) is 5.82 Å². The van der Waals surface area contributed by atoms with Crippen molar-refractivity contribution in [1.82, 2.24) is 4.90 Å². The van der Waals surface area contributed by atoms with E-state index in [-0.39, 0.29) is 24.8 Å². The minimum absolute atomic E-state index is 0.0356. The zero-order valence-electron chi connectivity index (χ0n) is 10.0. The van der Waals surface area contributed by atoms with Gasteiger partial charge >= 0.3 is 0 Å². The number of rotatable bonds is 6. The van der Waals surface area contributed by atoms with Crippen LogP contribution in [0.1, 0.15) is 18.9 Å². The number of aliphatic hydroxyl groups excluding tert-OH is 1. The first-order chi connectivity index (χ1) is 8.17. The Morgan fingerprint density at radius 2 is 2.24 bits per heavy atom. The van der Waals surface area contributed by atoms with E-state index in [2.05, 4.69) is 0 Å². The molecule has 0 saturated heterocycles. The first-order valence-corrected chi connectivity index (χ1v) is 5.80. The van der Waals surface area contributed by atoms with Gasteiger partial charge in [-0.15, -0.1) is 0 Å². The van der Waals surface area contributed by atoms with E-state index < -0.39 is 0 Å². The Hall–Kier alpha value is -1.42. The van der Waals surface area contributed by atoms with Crippen LogP contribution in [0.5, 0.6) is 0 Å². The second-order valence-electron chi connectivity index (χ2n) is 3.86. The van der Waals surface area contributed by atoms with Gasteiger partial charge in [-0.1, -0.05) is 12.1 Å². The molecule has 1 amide bonds. The van der Waals surface area contributed by atoms with Crippen LogP contribution in [0.25, 0.3) is 0 Å². The topological polar surface area (TPSA) is 40.5 Å². The maximum atomic E-state index is 12.9. The lowest BCUT2D eigenvalue weighted by Crippen LogP contribution is -2.33. The first kappa shape index (κ1) is 13.6. The van der Waals surface area contributed by atoms with Crippen LogP contribution in [-0.4, -0.2) is 35.6 Å². The van der Waals surface area contributed by atoms with E-state index >= 15 is 0 Å². The zero-order chi connectivity index (χ0) is 12.7. The van der Waals surface area contributed by atoms with Crippen LogP contribution >= 0.6 is 0 Å². The molecule has 0 fully saturated rings. The Morgan fingerprint density at radius 1 is 1.47 bits per heavy atom. The summed E-state index contributed by atoms with van der Waals surface area (Å²) in [6, 6.07) is 6.07. The summed E-state index contributed by atoms with van der Waals surface area (Å²) in [5.41, 5.74) is 0.678. The fourth-order valence-corrected chi connectivity index (χ4v) is 1.65. The molecule has 1 aromatic carbocycles. The van der Waals surface area contributed by atoms with Gasteiger partial charge in [0.2, 0.25) is 5.91 Å². The molecule has 17 heavy (non-hydrogen) atoms. The molecule has 0 aromatic heterocycles. The molecule has 0 unspecified atom stereocenters. The second kappa shape index (κ2) is 7.01. The van der Waals surface area contributed by atoms with Crippen LogP contribution in [0.15, 0.2) is 24.3 Å². The quantitative estimate of drug-likeness (QED) is 0.819. The van der Waals surface area contributed by atoms with Crippen LogP contribution in [-0.2, 0) is 11.2 Å². The van der Waals surface area contributed by atoms with E-state index in [0.717, 1.165) is 0 Å². The molecule has 4 heteroatoms. The van der Waals surface area contributed by atoms with Crippen molar-refractivity contribution in [3.8, 4) is 0 Å². The lowest BCUT2D eigenvalue weighted by molar-refractivity contribution is -0.130. The first-order valence-electron chi connectivity index (χ1n) is 5.80. The highest BCUT2D eigenvalue weighted by molar-refractivity contribution is 5.78. The van der Waals surface area contributed by atoms with Gasteiger partial charge in [0.15, 0.2) is 0 Å². The SMILES string of the molecule is CCN(CCCO)C(=O)Cc1cccc(F)c1. The molecule has 1 rings (SSSR count). The van der Waals surface area contributed by atoms with E-state index in [1.807, 2.05) is 6.92 Å². The summed E-state index contributed by atoms with van der Waals surface area (Å²) >= 11 is 0. The Kier molecular flexibility index (Phi) is 5.63. The van der Waals surface area contributed by atoms with E-state index in [0.29, 0.717) is 25.1 Å². The summed E-state index contributed by atoms with van der Waals surface area (Å²) in [6.07, 6.45) is 0.778. The maximum absolute atomic E-state index is 12.9. The molecule has 0 bridgehead atoms.